The summed E-state index contributed by atoms with van der Waals surface area (Å²) in [6.45, 7) is 1.56. The molecule has 29 heavy (non-hydrogen) atoms. The number of carbonyl (C=O) groups excluding carboxylic acids is 1. The highest BCUT2D eigenvalue weighted by atomic mass is 35.5. The number of carbonyl (C=O) groups is 1. The first kappa shape index (κ1) is 19.3. The second-order valence-corrected chi connectivity index (χ2v) is 7.61. The van der Waals surface area contributed by atoms with Gasteiger partial charge < -0.3 is 16.0 Å². The second-order valence-electron chi connectivity index (χ2n) is 7.18. The van der Waals surface area contributed by atoms with Crippen LogP contribution in [0.2, 0.25) is 5.02 Å². The molecule has 0 unspecified atom stereocenters. The molecule has 1 fully saturated rings. The summed E-state index contributed by atoms with van der Waals surface area (Å²) in [5.74, 6) is 1.17. The molecule has 0 spiro atoms. The number of rotatable bonds is 5. The van der Waals surface area contributed by atoms with E-state index in [-0.39, 0.29) is 18.0 Å². The zero-order chi connectivity index (χ0) is 20.2. The van der Waals surface area contributed by atoms with Crippen molar-refractivity contribution in [3.63, 3.8) is 0 Å². The molecule has 1 amide bonds. The van der Waals surface area contributed by atoms with Crippen molar-refractivity contribution in [2.45, 2.75) is 44.7 Å². The van der Waals surface area contributed by atoms with Crippen LogP contribution in [0.5, 0.6) is 0 Å². The Morgan fingerprint density at radius 3 is 2.66 bits per heavy atom. The molecule has 4 rings (SSSR count). The summed E-state index contributed by atoms with van der Waals surface area (Å²) < 4.78 is 0. The minimum absolute atomic E-state index is 0.0269. The van der Waals surface area contributed by atoms with Gasteiger partial charge in [-0.2, -0.15) is 0 Å². The van der Waals surface area contributed by atoms with Crippen LogP contribution in [-0.2, 0) is 4.79 Å². The van der Waals surface area contributed by atoms with Gasteiger partial charge in [0.2, 0.25) is 11.9 Å². The first-order valence-corrected chi connectivity index (χ1v) is 9.98. The van der Waals surface area contributed by atoms with E-state index in [0.29, 0.717) is 27.8 Å². The number of amides is 1. The quantitative estimate of drug-likeness (QED) is 0.588. The molecule has 0 bridgehead atoms. The van der Waals surface area contributed by atoms with Crippen molar-refractivity contribution in [3.05, 3.63) is 41.8 Å². The average Bonchev–Trinajstić information content (AvgIpc) is 2.70. The third-order valence-electron chi connectivity index (χ3n) is 4.93. The number of anilines is 3. The fourth-order valence-electron chi connectivity index (χ4n) is 3.57. The number of aromatic nitrogens is 4. The molecular formula is C20H22ClN7O. The molecule has 3 aromatic rings. The molecule has 8 nitrogen and oxygen atoms in total. The maximum Gasteiger partial charge on any atom is 0.223 e. The van der Waals surface area contributed by atoms with Crippen molar-refractivity contribution in [2.75, 3.05) is 10.6 Å². The van der Waals surface area contributed by atoms with Gasteiger partial charge >= 0.3 is 0 Å². The van der Waals surface area contributed by atoms with Crippen LogP contribution in [-0.4, -0.2) is 37.9 Å². The molecule has 1 aliphatic rings. The lowest BCUT2D eigenvalue weighted by Crippen LogP contribution is -2.39. The lowest BCUT2D eigenvalue weighted by molar-refractivity contribution is -0.119. The SMILES string of the molecule is CC(=O)NC1CCC(Nc2ncc3ncnc(Nc4cccc(Cl)c4)c3n2)CC1. The van der Waals surface area contributed by atoms with Gasteiger partial charge in [0.05, 0.1) is 6.20 Å². The van der Waals surface area contributed by atoms with Gasteiger partial charge in [-0.05, 0) is 43.9 Å². The van der Waals surface area contributed by atoms with Crippen LogP contribution in [0, 0.1) is 0 Å². The van der Waals surface area contributed by atoms with E-state index in [1.54, 1.807) is 13.1 Å². The van der Waals surface area contributed by atoms with Gasteiger partial charge in [0.1, 0.15) is 17.4 Å². The van der Waals surface area contributed by atoms with Crippen molar-refractivity contribution in [1.29, 1.82) is 0 Å². The lowest BCUT2D eigenvalue weighted by Gasteiger charge is -2.29. The summed E-state index contributed by atoms with van der Waals surface area (Å²) in [5, 5.41) is 10.3. The topological polar surface area (TPSA) is 105 Å². The normalized spacial score (nSPS) is 19.0. The van der Waals surface area contributed by atoms with Gasteiger partial charge in [-0.25, -0.2) is 19.9 Å². The number of nitrogens with one attached hydrogen (secondary N) is 3. The first-order valence-electron chi connectivity index (χ1n) is 9.61. The second kappa shape index (κ2) is 8.57. The average molecular weight is 412 g/mol. The van der Waals surface area contributed by atoms with E-state index >= 15 is 0 Å². The molecule has 2 heterocycles. The molecule has 1 aliphatic carbocycles. The molecule has 3 N–H and O–H groups in total. The van der Waals surface area contributed by atoms with Crippen molar-refractivity contribution < 1.29 is 4.79 Å². The minimum Gasteiger partial charge on any atom is -0.354 e. The molecule has 0 saturated heterocycles. The Morgan fingerprint density at radius 2 is 1.90 bits per heavy atom. The van der Waals surface area contributed by atoms with E-state index in [1.807, 2.05) is 24.3 Å². The number of fused-ring (bicyclic) bond motifs is 1. The minimum atomic E-state index is 0.0269. The van der Waals surface area contributed by atoms with Crippen LogP contribution >= 0.6 is 11.6 Å². The summed E-state index contributed by atoms with van der Waals surface area (Å²) in [7, 11) is 0. The maximum absolute atomic E-state index is 11.2. The largest absolute Gasteiger partial charge is 0.354 e. The summed E-state index contributed by atoms with van der Waals surface area (Å²) in [4.78, 5) is 28.9. The predicted molar refractivity (Wildman–Crippen MR) is 113 cm³/mol. The maximum atomic E-state index is 11.2. The smallest absolute Gasteiger partial charge is 0.223 e. The monoisotopic (exact) mass is 411 g/mol. The van der Waals surface area contributed by atoms with Crippen molar-refractivity contribution >= 4 is 46.0 Å². The van der Waals surface area contributed by atoms with Crippen LogP contribution in [0.15, 0.2) is 36.8 Å². The van der Waals surface area contributed by atoms with E-state index in [4.69, 9.17) is 11.6 Å². The number of nitrogens with zero attached hydrogens (tertiary/aromatic N) is 4. The zero-order valence-electron chi connectivity index (χ0n) is 16.0. The zero-order valence-corrected chi connectivity index (χ0v) is 16.8. The van der Waals surface area contributed by atoms with Gasteiger partial charge in [-0.15, -0.1) is 0 Å². The molecule has 9 heteroatoms. The summed E-state index contributed by atoms with van der Waals surface area (Å²) >= 11 is 6.07. The van der Waals surface area contributed by atoms with E-state index < -0.39 is 0 Å². The van der Waals surface area contributed by atoms with Gasteiger partial charge in [-0.1, -0.05) is 17.7 Å². The standard InChI is InChI=1S/C20H22ClN7O/c1-12(29)25-14-5-7-15(8-6-14)27-20-22-10-17-18(28-20)19(24-11-23-17)26-16-4-2-3-13(21)9-16/h2-4,9-11,14-15H,5-8H2,1H3,(H,25,29)(H,22,27,28)(H,23,24,26). The van der Waals surface area contributed by atoms with Crippen LogP contribution in [0.25, 0.3) is 11.0 Å². The summed E-state index contributed by atoms with van der Waals surface area (Å²) in [5.41, 5.74) is 2.11. The Morgan fingerprint density at radius 1 is 1.10 bits per heavy atom. The van der Waals surface area contributed by atoms with Crippen LogP contribution in [0.1, 0.15) is 32.6 Å². The Labute approximate surface area is 173 Å². The lowest BCUT2D eigenvalue weighted by atomic mass is 9.91. The van der Waals surface area contributed by atoms with Crippen LogP contribution in [0.4, 0.5) is 17.5 Å². The molecule has 150 valence electrons. The van der Waals surface area contributed by atoms with Crippen molar-refractivity contribution in [1.82, 2.24) is 25.3 Å². The molecule has 0 atom stereocenters. The van der Waals surface area contributed by atoms with Crippen molar-refractivity contribution in [3.8, 4) is 0 Å². The van der Waals surface area contributed by atoms with E-state index in [2.05, 4.69) is 35.9 Å². The summed E-state index contributed by atoms with van der Waals surface area (Å²) in [6, 6.07) is 7.94. The fraction of sp³-hybridized carbons (Fsp3) is 0.350. The number of benzene rings is 1. The molecule has 0 radical (unpaired) electrons. The van der Waals surface area contributed by atoms with Crippen molar-refractivity contribution in [2.24, 2.45) is 0 Å². The third kappa shape index (κ3) is 4.89. The van der Waals surface area contributed by atoms with Crippen LogP contribution < -0.4 is 16.0 Å². The highest BCUT2D eigenvalue weighted by molar-refractivity contribution is 6.30. The Balaban J connectivity index is 1.49. The Hall–Kier alpha value is -3.00. The third-order valence-corrected chi connectivity index (χ3v) is 5.17. The van der Waals surface area contributed by atoms with Gasteiger partial charge in [0, 0.05) is 29.7 Å². The number of hydrogen-bond acceptors (Lipinski definition) is 7. The Bertz CT molecular complexity index is 1020. The van der Waals surface area contributed by atoms with E-state index in [1.165, 1.54) is 6.33 Å². The van der Waals surface area contributed by atoms with Gasteiger partial charge in [-0.3, -0.25) is 4.79 Å². The van der Waals surface area contributed by atoms with Gasteiger partial charge in [0.15, 0.2) is 5.82 Å². The van der Waals surface area contributed by atoms with E-state index in [9.17, 15) is 4.79 Å². The van der Waals surface area contributed by atoms with E-state index in [0.717, 1.165) is 31.4 Å². The molecular weight excluding hydrogens is 390 g/mol. The number of hydrogen-bond donors (Lipinski definition) is 3. The van der Waals surface area contributed by atoms with Gasteiger partial charge in [0.25, 0.3) is 0 Å². The number of halogens is 1. The predicted octanol–water partition coefficient (Wildman–Crippen LogP) is 3.68. The highest BCUT2D eigenvalue weighted by Crippen LogP contribution is 2.25. The highest BCUT2D eigenvalue weighted by Gasteiger charge is 2.22. The van der Waals surface area contributed by atoms with Crippen LogP contribution in [0.3, 0.4) is 0 Å². The summed E-state index contributed by atoms with van der Waals surface area (Å²) in [6.07, 6.45) is 6.95. The fourth-order valence-corrected chi connectivity index (χ4v) is 3.76. The molecule has 1 aromatic carbocycles. The molecule has 2 aromatic heterocycles. The molecule has 1 saturated carbocycles. The Kier molecular flexibility index (Phi) is 5.71. The first-order chi connectivity index (χ1) is 14.1. The molecule has 0 aliphatic heterocycles.